The van der Waals surface area contributed by atoms with E-state index in [1.54, 1.807) is 0 Å². The highest BCUT2D eigenvalue weighted by Crippen LogP contribution is 2.39. The summed E-state index contributed by atoms with van der Waals surface area (Å²) >= 11 is 0. The highest BCUT2D eigenvalue weighted by Gasteiger charge is 2.37. The van der Waals surface area contributed by atoms with Crippen LogP contribution in [0.3, 0.4) is 0 Å². The van der Waals surface area contributed by atoms with Crippen LogP contribution in [0.4, 0.5) is 0 Å². The van der Waals surface area contributed by atoms with Crippen LogP contribution in [-0.4, -0.2) is 25.7 Å². The Kier molecular flexibility index (Phi) is 2.89. The van der Waals surface area contributed by atoms with Crippen molar-refractivity contribution >= 4 is 0 Å². The Morgan fingerprint density at radius 1 is 1.33 bits per heavy atom. The molecule has 2 unspecified atom stereocenters. The van der Waals surface area contributed by atoms with Gasteiger partial charge in [-0.15, -0.1) is 0 Å². The molecule has 0 bridgehead atoms. The topological polar surface area (TPSA) is 62.9 Å². The van der Waals surface area contributed by atoms with E-state index in [9.17, 15) is 0 Å². The molecule has 2 heterocycles. The van der Waals surface area contributed by atoms with Gasteiger partial charge < -0.3 is 24.7 Å². The number of hydrogen-bond donors (Lipinski definition) is 1. The van der Waals surface area contributed by atoms with Crippen LogP contribution < -0.4 is 15.2 Å². The highest BCUT2D eigenvalue weighted by molar-refractivity contribution is 5.45. The first kappa shape index (κ1) is 11.8. The molecule has 0 aliphatic carbocycles. The van der Waals surface area contributed by atoms with E-state index in [0.717, 1.165) is 17.1 Å². The van der Waals surface area contributed by atoms with Crippen LogP contribution in [0.2, 0.25) is 0 Å². The standard InChI is InChI=1S/C13H17NO4/c1-13(4-5-14)17-7-12(18-13)9-2-3-10-11(6-9)16-8-15-10/h2-3,6,12H,4-5,7-8,14H2,1H3. The van der Waals surface area contributed by atoms with E-state index >= 15 is 0 Å². The Morgan fingerprint density at radius 3 is 3.00 bits per heavy atom. The van der Waals surface area contributed by atoms with Crippen LogP contribution >= 0.6 is 0 Å². The third kappa shape index (κ3) is 2.05. The van der Waals surface area contributed by atoms with Gasteiger partial charge in [0, 0.05) is 6.42 Å². The number of fused-ring (bicyclic) bond motifs is 1. The quantitative estimate of drug-likeness (QED) is 0.883. The van der Waals surface area contributed by atoms with Crippen molar-refractivity contribution in [2.75, 3.05) is 19.9 Å². The van der Waals surface area contributed by atoms with Crippen molar-refractivity contribution in [1.29, 1.82) is 0 Å². The first-order chi connectivity index (χ1) is 8.70. The Labute approximate surface area is 106 Å². The van der Waals surface area contributed by atoms with Crippen molar-refractivity contribution in [1.82, 2.24) is 0 Å². The van der Waals surface area contributed by atoms with Gasteiger partial charge in [-0.2, -0.15) is 0 Å². The van der Waals surface area contributed by atoms with Crippen LogP contribution in [0, 0.1) is 0 Å². The van der Waals surface area contributed by atoms with Crippen molar-refractivity contribution in [3.8, 4) is 11.5 Å². The smallest absolute Gasteiger partial charge is 0.231 e. The summed E-state index contributed by atoms with van der Waals surface area (Å²) in [4.78, 5) is 0. The summed E-state index contributed by atoms with van der Waals surface area (Å²) in [5, 5.41) is 0. The van der Waals surface area contributed by atoms with Gasteiger partial charge in [0.1, 0.15) is 6.10 Å². The van der Waals surface area contributed by atoms with E-state index in [4.69, 9.17) is 24.7 Å². The van der Waals surface area contributed by atoms with Gasteiger partial charge in [-0.3, -0.25) is 0 Å². The molecule has 18 heavy (non-hydrogen) atoms. The molecule has 0 spiro atoms. The van der Waals surface area contributed by atoms with Crippen molar-refractivity contribution < 1.29 is 18.9 Å². The van der Waals surface area contributed by atoms with Gasteiger partial charge in [0.2, 0.25) is 6.79 Å². The van der Waals surface area contributed by atoms with E-state index in [0.29, 0.717) is 19.6 Å². The molecule has 1 saturated heterocycles. The van der Waals surface area contributed by atoms with E-state index < -0.39 is 5.79 Å². The third-order valence-corrected chi connectivity index (χ3v) is 3.30. The minimum atomic E-state index is -0.574. The molecule has 0 amide bonds. The SMILES string of the molecule is CC1(CCN)OCC(c2ccc3c(c2)OCO3)O1. The van der Waals surface area contributed by atoms with Crippen molar-refractivity contribution in [2.24, 2.45) is 5.73 Å². The van der Waals surface area contributed by atoms with Crippen LogP contribution in [0.1, 0.15) is 25.0 Å². The van der Waals surface area contributed by atoms with Gasteiger partial charge >= 0.3 is 0 Å². The number of hydrogen-bond acceptors (Lipinski definition) is 5. The van der Waals surface area contributed by atoms with E-state index in [1.807, 2.05) is 25.1 Å². The van der Waals surface area contributed by atoms with Gasteiger partial charge in [-0.1, -0.05) is 6.07 Å². The zero-order valence-corrected chi connectivity index (χ0v) is 10.3. The molecule has 98 valence electrons. The van der Waals surface area contributed by atoms with E-state index in [2.05, 4.69) is 0 Å². The lowest BCUT2D eigenvalue weighted by Crippen LogP contribution is -2.28. The van der Waals surface area contributed by atoms with Crippen LogP contribution in [0.5, 0.6) is 11.5 Å². The third-order valence-electron chi connectivity index (χ3n) is 3.30. The number of rotatable bonds is 3. The zero-order valence-electron chi connectivity index (χ0n) is 10.3. The molecule has 0 radical (unpaired) electrons. The molecule has 1 aromatic rings. The van der Waals surface area contributed by atoms with Gasteiger partial charge in [-0.25, -0.2) is 0 Å². The minimum absolute atomic E-state index is 0.0731. The second-order valence-corrected chi connectivity index (χ2v) is 4.70. The van der Waals surface area contributed by atoms with Crippen LogP contribution in [0.15, 0.2) is 18.2 Å². The second kappa shape index (κ2) is 4.42. The molecule has 3 rings (SSSR count). The largest absolute Gasteiger partial charge is 0.454 e. The lowest BCUT2D eigenvalue weighted by Gasteiger charge is -2.22. The summed E-state index contributed by atoms with van der Waals surface area (Å²) in [6.45, 7) is 3.29. The molecule has 1 fully saturated rings. The second-order valence-electron chi connectivity index (χ2n) is 4.70. The average molecular weight is 251 g/mol. The van der Waals surface area contributed by atoms with Crippen molar-refractivity contribution in [3.05, 3.63) is 23.8 Å². The van der Waals surface area contributed by atoms with E-state index in [1.165, 1.54) is 0 Å². The minimum Gasteiger partial charge on any atom is -0.454 e. The molecule has 2 aliphatic rings. The Morgan fingerprint density at radius 2 is 2.17 bits per heavy atom. The van der Waals surface area contributed by atoms with Gasteiger partial charge in [0.15, 0.2) is 17.3 Å². The maximum absolute atomic E-state index is 5.94. The maximum atomic E-state index is 5.94. The predicted octanol–water partition coefficient (Wildman–Crippen LogP) is 1.57. The summed E-state index contributed by atoms with van der Waals surface area (Å²) in [5.74, 6) is 0.974. The highest BCUT2D eigenvalue weighted by atomic mass is 16.7. The summed E-state index contributed by atoms with van der Waals surface area (Å²) in [5.41, 5.74) is 6.60. The van der Waals surface area contributed by atoms with Gasteiger partial charge in [0.05, 0.1) is 6.61 Å². The first-order valence-corrected chi connectivity index (χ1v) is 6.11. The first-order valence-electron chi connectivity index (χ1n) is 6.11. The van der Waals surface area contributed by atoms with Crippen molar-refractivity contribution in [2.45, 2.75) is 25.2 Å². The summed E-state index contributed by atoms with van der Waals surface area (Å²) in [6.07, 6.45) is 0.615. The van der Waals surface area contributed by atoms with Crippen LogP contribution in [-0.2, 0) is 9.47 Å². The maximum Gasteiger partial charge on any atom is 0.231 e. The molecule has 5 heteroatoms. The fourth-order valence-corrected chi connectivity index (χ4v) is 2.29. The summed E-state index contributed by atoms with van der Waals surface area (Å²) in [7, 11) is 0. The van der Waals surface area contributed by atoms with Gasteiger partial charge in [0.25, 0.3) is 0 Å². The van der Waals surface area contributed by atoms with E-state index in [-0.39, 0.29) is 12.9 Å². The fraction of sp³-hybridized carbons (Fsp3) is 0.538. The zero-order chi connectivity index (χ0) is 12.6. The molecule has 5 nitrogen and oxygen atoms in total. The Balaban J connectivity index is 1.76. The molecular weight excluding hydrogens is 234 g/mol. The molecular formula is C13H17NO4. The summed E-state index contributed by atoms with van der Waals surface area (Å²) < 4.78 is 22.3. The monoisotopic (exact) mass is 251 g/mol. The molecule has 2 aliphatic heterocycles. The van der Waals surface area contributed by atoms with Crippen molar-refractivity contribution in [3.63, 3.8) is 0 Å². The molecule has 0 aromatic heterocycles. The Hall–Kier alpha value is -1.30. The number of benzene rings is 1. The molecule has 2 atom stereocenters. The summed E-state index contributed by atoms with van der Waals surface area (Å²) in [6, 6.07) is 5.83. The average Bonchev–Trinajstić information content (AvgIpc) is 2.95. The van der Waals surface area contributed by atoms with Gasteiger partial charge in [-0.05, 0) is 31.2 Å². The lowest BCUT2D eigenvalue weighted by molar-refractivity contribution is -0.157. The predicted molar refractivity (Wildman–Crippen MR) is 64.4 cm³/mol. The Bertz CT molecular complexity index is 451. The normalized spacial score (nSPS) is 29.8. The fourth-order valence-electron chi connectivity index (χ4n) is 2.29. The molecule has 2 N–H and O–H groups in total. The molecule has 0 saturated carbocycles. The number of ether oxygens (including phenoxy) is 4. The number of nitrogens with two attached hydrogens (primary N) is 1. The van der Waals surface area contributed by atoms with Crippen LogP contribution in [0.25, 0.3) is 0 Å². The lowest BCUT2D eigenvalue weighted by atomic mass is 10.1. The molecule has 1 aromatic carbocycles.